The Balaban J connectivity index is 1.42. The predicted octanol–water partition coefficient (Wildman–Crippen LogP) is 2.85. The molecule has 1 aliphatic carbocycles. The minimum Gasteiger partial charge on any atom is -0.337 e. The minimum absolute atomic E-state index is 0.0639. The Morgan fingerprint density at radius 3 is 2.69 bits per heavy atom. The minimum atomic E-state index is -0.287. The van der Waals surface area contributed by atoms with Gasteiger partial charge in [0.25, 0.3) is 0 Å². The molecule has 0 radical (unpaired) electrons. The molecule has 26 heavy (non-hydrogen) atoms. The fourth-order valence-corrected chi connectivity index (χ4v) is 3.51. The molecule has 9 heteroatoms. The van der Waals surface area contributed by atoms with Crippen LogP contribution in [0.25, 0.3) is 0 Å². The number of H-pyrrole nitrogens is 1. The summed E-state index contributed by atoms with van der Waals surface area (Å²) in [6.07, 6.45) is 5.79. The summed E-state index contributed by atoms with van der Waals surface area (Å²) >= 11 is 1.50. The summed E-state index contributed by atoms with van der Waals surface area (Å²) in [5.41, 5.74) is 1.33. The van der Waals surface area contributed by atoms with Gasteiger partial charge in [-0.3, -0.25) is 4.79 Å². The van der Waals surface area contributed by atoms with Gasteiger partial charge in [-0.15, -0.1) is 16.9 Å². The first-order chi connectivity index (χ1) is 12.7. The second-order valence-corrected chi connectivity index (χ2v) is 7.20. The highest BCUT2D eigenvalue weighted by atomic mass is 32.2. The van der Waals surface area contributed by atoms with Crippen molar-refractivity contribution in [3.8, 4) is 0 Å². The molecular weight excluding hydrogens is 352 g/mol. The molecule has 0 atom stereocenters. The van der Waals surface area contributed by atoms with Crippen molar-refractivity contribution in [1.29, 1.82) is 0 Å². The molecule has 1 aromatic carbocycles. The molecule has 0 aliphatic heterocycles. The second kappa shape index (κ2) is 9.23. The number of carbonyl (C=O) groups excluding carboxylic acids is 2. The number of carbonyl (C=O) groups is 2. The zero-order valence-corrected chi connectivity index (χ0v) is 15.1. The van der Waals surface area contributed by atoms with Gasteiger partial charge in [0.05, 0.1) is 6.20 Å². The van der Waals surface area contributed by atoms with E-state index in [1.54, 1.807) is 24.4 Å². The molecular formula is C17H22N6O2S. The molecule has 3 rings (SSSR count). The van der Waals surface area contributed by atoms with Gasteiger partial charge in [-0.25, -0.2) is 4.79 Å². The Morgan fingerprint density at radius 2 is 1.96 bits per heavy atom. The van der Waals surface area contributed by atoms with E-state index < -0.39 is 0 Å². The van der Waals surface area contributed by atoms with Crippen LogP contribution in [0.5, 0.6) is 0 Å². The van der Waals surface area contributed by atoms with E-state index in [0.29, 0.717) is 23.7 Å². The zero-order valence-electron chi connectivity index (χ0n) is 14.3. The zero-order chi connectivity index (χ0) is 18.2. The Hall–Kier alpha value is -2.55. The molecule has 1 fully saturated rings. The standard InChI is InChI=1S/C17H22N6O2S/c24-16(12-4-1-2-5-12)20-13-6-3-7-14(10-13)21-17(25)18-8-9-26-15-11-19-23-22-15/h3,6-7,10-12H,1-2,4-5,8-9H2,(H,20,24)(H2,18,21,25)(H,19,22,23). The molecule has 1 aromatic heterocycles. The Bertz CT molecular complexity index is 731. The van der Waals surface area contributed by atoms with Gasteiger partial charge in [-0.2, -0.15) is 10.3 Å². The van der Waals surface area contributed by atoms with E-state index in [-0.39, 0.29) is 17.9 Å². The predicted molar refractivity (Wildman–Crippen MR) is 101 cm³/mol. The Morgan fingerprint density at radius 1 is 1.19 bits per heavy atom. The lowest BCUT2D eigenvalue weighted by molar-refractivity contribution is -0.119. The van der Waals surface area contributed by atoms with Gasteiger partial charge in [-0.1, -0.05) is 18.9 Å². The SMILES string of the molecule is O=C(NCCSc1cn[nH]n1)Nc1cccc(NC(=O)C2CCCC2)c1. The number of nitrogens with one attached hydrogen (secondary N) is 4. The molecule has 0 spiro atoms. The summed E-state index contributed by atoms with van der Waals surface area (Å²) in [6, 6.07) is 6.89. The van der Waals surface area contributed by atoms with E-state index >= 15 is 0 Å². The van der Waals surface area contributed by atoms with Crippen LogP contribution in [0.1, 0.15) is 25.7 Å². The average molecular weight is 374 g/mol. The molecule has 1 aliphatic rings. The Labute approximate surface area is 155 Å². The van der Waals surface area contributed by atoms with E-state index in [9.17, 15) is 9.59 Å². The third-order valence-electron chi connectivity index (χ3n) is 4.14. The molecule has 138 valence electrons. The third kappa shape index (κ3) is 5.48. The summed E-state index contributed by atoms with van der Waals surface area (Å²) < 4.78 is 0. The van der Waals surface area contributed by atoms with Crippen LogP contribution in [-0.2, 0) is 4.79 Å². The number of thioether (sulfide) groups is 1. The highest BCUT2D eigenvalue weighted by Crippen LogP contribution is 2.26. The monoisotopic (exact) mass is 374 g/mol. The molecule has 8 nitrogen and oxygen atoms in total. The van der Waals surface area contributed by atoms with Crippen molar-refractivity contribution in [3.63, 3.8) is 0 Å². The van der Waals surface area contributed by atoms with Crippen molar-refractivity contribution in [2.75, 3.05) is 22.9 Å². The van der Waals surface area contributed by atoms with Crippen molar-refractivity contribution < 1.29 is 9.59 Å². The first-order valence-electron chi connectivity index (χ1n) is 8.65. The van der Waals surface area contributed by atoms with Gasteiger partial charge in [-0.05, 0) is 31.0 Å². The number of aromatic amines is 1. The first-order valence-corrected chi connectivity index (χ1v) is 9.63. The lowest BCUT2D eigenvalue weighted by Gasteiger charge is -2.12. The van der Waals surface area contributed by atoms with Crippen molar-refractivity contribution in [2.45, 2.75) is 30.7 Å². The lowest BCUT2D eigenvalue weighted by atomic mass is 10.1. The van der Waals surface area contributed by atoms with Crippen LogP contribution in [0, 0.1) is 5.92 Å². The fourth-order valence-electron chi connectivity index (χ4n) is 2.86. The van der Waals surface area contributed by atoms with Gasteiger partial charge in [0, 0.05) is 29.6 Å². The molecule has 1 heterocycles. The number of aromatic nitrogens is 3. The maximum absolute atomic E-state index is 12.2. The number of hydrogen-bond donors (Lipinski definition) is 4. The lowest BCUT2D eigenvalue weighted by Crippen LogP contribution is -2.30. The molecule has 0 unspecified atom stereocenters. The van der Waals surface area contributed by atoms with Gasteiger partial charge in [0.2, 0.25) is 5.91 Å². The van der Waals surface area contributed by atoms with Crippen LogP contribution in [0.15, 0.2) is 35.5 Å². The van der Waals surface area contributed by atoms with Crippen molar-refractivity contribution in [1.82, 2.24) is 20.7 Å². The number of benzene rings is 1. The van der Waals surface area contributed by atoms with E-state index in [1.165, 1.54) is 11.8 Å². The van der Waals surface area contributed by atoms with Crippen molar-refractivity contribution in [2.24, 2.45) is 5.92 Å². The maximum Gasteiger partial charge on any atom is 0.319 e. The van der Waals surface area contributed by atoms with Crippen LogP contribution in [-0.4, -0.2) is 39.6 Å². The van der Waals surface area contributed by atoms with Crippen molar-refractivity contribution in [3.05, 3.63) is 30.5 Å². The van der Waals surface area contributed by atoms with Gasteiger partial charge in [0.15, 0.2) is 0 Å². The molecule has 1 saturated carbocycles. The van der Waals surface area contributed by atoms with Gasteiger partial charge >= 0.3 is 6.03 Å². The third-order valence-corrected chi connectivity index (χ3v) is 5.05. The summed E-state index contributed by atoms with van der Waals surface area (Å²) in [5.74, 6) is 0.864. The van der Waals surface area contributed by atoms with E-state index in [2.05, 4.69) is 31.4 Å². The van der Waals surface area contributed by atoms with Crippen LogP contribution in [0.2, 0.25) is 0 Å². The maximum atomic E-state index is 12.2. The largest absolute Gasteiger partial charge is 0.337 e. The summed E-state index contributed by atoms with van der Waals surface area (Å²) in [7, 11) is 0. The van der Waals surface area contributed by atoms with Crippen LogP contribution >= 0.6 is 11.8 Å². The molecule has 3 amide bonds. The van der Waals surface area contributed by atoms with Gasteiger partial charge in [0.1, 0.15) is 5.03 Å². The topological polar surface area (TPSA) is 112 Å². The van der Waals surface area contributed by atoms with Gasteiger partial charge < -0.3 is 16.0 Å². The van der Waals surface area contributed by atoms with Crippen LogP contribution in [0.3, 0.4) is 0 Å². The number of nitrogens with zero attached hydrogens (tertiary/aromatic N) is 2. The molecule has 2 aromatic rings. The number of hydrogen-bond acceptors (Lipinski definition) is 5. The highest BCUT2D eigenvalue weighted by molar-refractivity contribution is 7.99. The normalized spacial score (nSPS) is 14.2. The summed E-state index contributed by atoms with van der Waals surface area (Å²) in [6.45, 7) is 0.501. The molecule has 0 saturated heterocycles. The number of anilines is 2. The first kappa shape index (κ1) is 18.2. The fraction of sp³-hybridized carbons (Fsp3) is 0.412. The van der Waals surface area contributed by atoms with E-state index in [0.717, 1.165) is 30.7 Å². The smallest absolute Gasteiger partial charge is 0.319 e. The highest BCUT2D eigenvalue weighted by Gasteiger charge is 2.22. The molecule has 0 bridgehead atoms. The van der Waals surface area contributed by atoms with E-state index in [4.69, 9.17) is 0 Å². The van der Waals surface area contributed by atoms with Crippen LogP contribution in [0.4, 0.5) is 16.2 Å². The van der Waals surface area contributed by atoms with Crippen LogP contribution < -0.4 is 16.0 Å². The number of amides is 3. The second-order valence-electron chi connectivity index (χ2n) is 6.09. The van der Waals surface area contributed by atoms with E-state index in [1.807, 2.05) is 6.07 Å². The Kier molecular flexibility index (Phi) is 6.48. The number of urea groups is 1. The molecule has 4 N–H and O–H groups in total. The quantitative estimate of drug-likeness (QED) is 0.440. The number of rotatable bonds is 7. The van der Waals surface area contributed by atoms with Crippen molar-refractivity contribution >= 4 is 35.1 Å². The average Bonchev–Trinajstić information content (AvgIpc) is 3.33. The summed E-state index contributed by atoms with van der Waals surface area (Å²) in [4.78, 5) is 24.2. The summed E-state index contributed by atoms with van der Waals surface area (Å²) in [5, 5.41) is 19.5.